The molecule has 1 atom stereocenters. The van der Waals surface area contributed by atoms with Crippen LogP contribution in [0.1, 0.15) is 49.9 Å². The summed E-state index contributed by atoms with van der Waals surface area (Å²) in [5, 5.41) is 3.42. The number of benzene rings is 1. The average molecular weight is 364 g/mol. The first-order valence-electron chi connectivity index (χ1n) is 9.05. The molecule has 25 heavy (non-hydrogen) atoms. The minimum absolute atomic E-state index is 0.0458. The first-order chi connectivity index (χ1) is 12.0. The van der Waals surface area contributed by atoms with E-state index in [0.717, 1.165) is 25.8 Å². The largest absolute Gasteiger partial charge is 0.354 e. The van der Waals surface area contributed by atoms with Gasteiger partial charge in [0.15, 0.2) is 0 Å². The molecule has 2 rings (SSSR count). The summed E-state index contributed by atoms with van der Waals surface area (Å²) < 4.78 is 0. The van der Waals surface area contributed by atoms with Crippen LogP contribution in [0.4, 0.5) is 0 Å². The van der Waals surface area contributed by atoms with Gasteiger partial charge in [0.25, 0.3) is 5.91 Å². The lowest BCUT2D eigenvalue weighted by atomic mass is 10.0. The number of carbonyl (C=O) groups is 2. The van der Waals surface area contributed by atoms with Crippen LogP contribution in [0.25, 0.3) is 0 Å². The van der Waals surface area contributed by atoms with Crippen molar-refractivity contribution in [3.63, 3.8) is 0 Å². The number of nitrogens with one attached hydrogen (secondary N) is 1. The van der Waals surface area contributed by atoms with Gasteiger partial charge in [-0.3, -0.25) is 9.59 Å². The molecule has 1 aliphatic heterocycles. The van der Waals surface area contributed by atoms with Gasteiger partial charge in [0.1, 0.15) is 0 Å². The highest BCUT2D eigenvalue weighted by atomic mass is 32.2. The highest BCUT2D eigenvalue weighted by Crippen LogP contribution is 2.24. The maximum atomic E-state index is 12.9. The Bertz CT molecular complexity index is 575. The first-order valence-corrected chi connectivity index (χ1v) is 9.93. The molecule has 138 valence electrons. The molecule has 1 aromatic carbocycles. The average Bonchev–Trinajstić information content (AvgIpc) is 2.60. The summed E-state index contributed by atoms with van der Waals surface area (Å²) in [6, 6.07) is 7.91. The number of thioether (sulfide) groups is 1. The second-order valence-corrected chi connectivity index (χ2v) is 8.33. The van der Waals surface area contributed by atoms with Gasteiger partial charge in [-0.1, -0.05) is 13.8 Å². The summed E-state index contributed by atoms with van der Waals surface area (Å²) in [5.41, 5.74) is 6.12. The summed E-state index contributed by atoms with van der Waals surface area (Å²) in [7, 11) is 0. The van der Waals surface area contributed by atoms with Crippen LogP contribution in [0.5, 0.6) is 0 Å². The molecule has 2 amide bonds. The van der Waals surface area contributed by atoms with E-state index in [2.05, 4.69) is 19.2 Å². The summed E-state index contributed by atoms with van der Waals surface area (Å²) >= 11 is 1.79. The molecule has 1 unspecified atom stereocenters. The highest BCUT2D eigenvalue weighted by molar-refractivity contribution is 7.99. The van der Waals surface area contributed by atoms with Crippen molar-refractivity contribution in [2.75, 3.05) is 19.6 Å². The molecular formula is C19H29N3O2S. The van der Waals surface area contributed by atoms with E-state index in [1.54, 1.807) is 11.8 Å². The maximum Gasteiger partial charge on any atom is 0.254 e. The number of nitrogens with zero attached hydrogens (tertiary/aromatic N) is 1. The SMILES string of the molecule is CC(C)Sc1ccc(C(=O)N2CCCCC2CNC(=O)CCN)cc1. The number of likely N-dealkylation sites (tertiary alicyclic amines) is 1. The lowest BCUT2D eigenvalue weighted by Crippen LogP contribution is -2.49. The third kappa shape index (κ3) is 6.04. The van der Waals surface area contributed by atoms with Gasteiger partial charge >= 0.3 is 0 Å². The van der Waals surface area contributed by atoms with Crippen molar-refractivity contribution in [2.24, 2.45) is 5.73 Å². The van der Waals surface area contributed by atoms with Gasteiger partial charge in [-0.25, -0.2) is 0 Å². The van der Waals surface area contributed by atoms with Crippen LogP contribution in [0, 0.1) is 0 Å². The van der Waals surface area contributed by atoms with Gasteiger partial charge in [-0.05, 0) is 43.5 Å². The fourth-order valence-corrected chi connectivity index (χ4v) is 3.88. The van der Waals surface area contributed by atoms with Gasteiger partial charge in [0.2, 0.25) is 5.91 Å². The zero-order valence-electron chi connectivity index (χ0n) is 15.2. The van der Waals surface area contributed by atoms with Crippen molar-refractivity contribution in [1.82, 2.24) is 10.2 Å². The zero-order chi connectivity index (χ0) is 18.2. The third-order valence-electron chi connectivity index (χ3n) is 4.27. The Morgan fingerprint density at radius 3 is 2.64 bits per heavy atom. The third-order valence-corrected chi connectivity index (χ3v) is 5.28. The molecule has 1 heterocycles. The smallest absolute Gasteiger partial charge is 0.254 e. The van der Waals surface area contributed by atoms with Crippen molar-refractivity contribution >= 4 is 23.6 Å². The number of rotatable bonds is 7. The Kier molecular flexibility index (Phi) is 7.78. The van der Waals surface area contributed by atoms with E-state index in [9.17, 15) is 9.59 Å². The Balaban J connectivity index is 2.00. The van der Waals surface area contributed by atoms with Crippen LogP contribution in [0.2, 0.25) is 0 Å². The molecule has 5 nitrogen and oxygen atoms in total. The number of carbonyl (C=O) groups excluding carboxylic acids is 2. The van der Waals surface area contributed by atoms with E-state index in [-0.39, 0.29) is 17.9 Å². The second-order valence-electron chi connectivity index (χ2n) is 6.68. The van der Waals surface area contributed by atoms with E-state index in [1.165, 1.54) is 4.90 Å². The second kappa shape index (κ2) is 9.82. The lowest BCUT2D eigenvalue weighted by Gasteiger charge is -2.36. The molecule has 0 spiro atoms. The Labute approximate surface area is 154 Å². The van der Waals surface area contributed by atoms with Crippen LogP contribution in [0.15, 0.2) is 29.2 Å². The topological polar surface area (TPSA) is 75.4 Å². The Morgan fingerprint density at radius 2 is 2.00 bits per heavy atom. The Hall–Kier alpha value is -1.53. The molecule has 3 N–H and O–H groups in total. The first kappa shape index (κ1) is 19.8. The fraction of sp³-hybridized carbons (Fsp3) is 0.579. The molecule has 1 fully saturated rings. The molecule has 0 aliphatic carbocycles. The molecule has 1 aromatic rings. The molecule has 0 radical (unpaired) electrons. The predicted octanol–water partition coefficient (Wildman–Crippen LogP) is 2.65. The normalized spacial score (nSPS) is 17.6. The zero-order valence-corrected chi connectivity index (χ0v) is 16.0. The van der Waals surface area contributed by atoms with E-state index in [4.69, 9.17) is 5.73 Å². The predicted molar refractivity (Wildman–Crippen MR) is 103 cm³/mol. The molecule has 1 aliphatic rings. The van der Waals surface area contributed by atoms with E-state index >= 15 is 0 Å². The molecular weight excluding hydrogens is 334 g/mol. The quantitative estimate of drug-likeness (QED) is 0.730. The molecule has 0 saturated carbocycles. The van der Waals surface area contributed by atoms with E-state index in [0.29, 0.717) is 30.3 Å². The van der Waals surface area contributed by atoms with Gasteiger partial charge < -0.3 is 16.0 Å². The van der Waals surface area contributed by atoms with Gasteiger partial charge in [-0.15, -0.1) is 11.8 Å². The molecule has 0 bridgehead atoms. The highest BCUT2D eigenvalue weighted by Gasteiger charge is 2.27. The van der Waals surface area contributed by atoms with Gasteiger partial charge in [-0.2, -0.15) is 0 Å². The van der Waals surface area contributed by atoms with Gasteiger partial charge in [0.05, 0.1) is 0 Å². The number of hydrogen-bond acceptors (Lipinski definition) is 4. The van der Waals surface area contributed by atoms with Crippen LogP contribution >= 0.6 is 11.8 Å². The van der Waals surface area contributed by atoms with Crippen molar-refractivity contribution in [1.29, 1.82) is 0 Å². The summed E-state index contributed by atoms with van der Waals surface area (Å²) in [6.07, 6.45) is 3.36. The van der Waals surface area contributed by atoms with Crippen molar-refractivity contribution in [3.05, 3.63) is 29.8 Å². The van der Waals surface area contributed by atoms with Crippen molar-refractivity contribution in [2.45, 2.75) is 55.7 Å². The van der Waals surface area contributed by atoms with Crippen molar-refractivity contribution in [3.8, 4) is 0 Å². The van der Waals surface area contributed by atoms with E-state index in [1.807, 2.05) is 29.2 Å². The molecule has 0 aromatic heterocycles. The summed E-state index contributed by atoms with van der Waals surface area (Å²) in [6.45, 7) is 5.91. The standard InChI is InChI=1S/C19H29N3O2S/c1-14(2)25-17-8-6-15(7-9-17)19(24)22-12-4-3-5-16(22)13-21-18(23)10-11-20/h6-9,14,16H,3-5,10-13,20H2,1-2H3,(H,21,23). The monoisotopic (exact) mass is 363 g/mol. The number of nitrogens with two attached hydrogens (primary N) is 1. The van der Waals surface area contributed by atoms with Crippen LogP contribution in [0.3, 0.4) is 0 Å². The number of piperidine rings is 1. The number of hydrogen-bond donors (Lipinski definition) is 2. The lowest BCUT2D eigenvalue weighted by molar-refractivity contribution is -0.121. The van der Waals surface area contributed by atoms with E-state index < -0.39 is 0 Å². The van der Waals surface area contributed by atoms with Crippen LogP contribution in [-0.2, 0) is 4.79 Å². The minimum atomic E-state index is -0.0458. The van der Waals surface area contributed by atoms with Gasteiger partial charge in [0, 0.05) is 47.8 Å². The summed E-state index contributed by atoms with van der Waals surface area (Å²) in [5.74, 6) is 0.00871. The van der Waals surface area contributed by atoms with Crippen LogP contribution in [-0.4, -0.2) is 47.6 Å². The van der Waals surface area contributed by atoms with Crippen molar-refractivity contribution < 1.29 is 9.59 Å². The summed E-state index contributed by atoms with van der Waals surface area (Å²) in [4.78, 5) is 27.7. The fourth-order valence-electron chi connectivity index (χ4n) is 3.05. The van der Waals surface area contributed by atoms with Crippen LogP contribution < -0.4 is 11.1 Å². The molecule has 6 heteroatoms. The Morgan fingerprint density at radius 1 is 1.28 bits per heavy atom. The minimum Gasteiger partial charge on any atom is -0.354 e. The number of amides is 2. The molecule has 1 saturated heterocycles. The maximum absolute atomic E-state index is 12.9.